The summed E-state index contributed by atoms with van der Waals surface area (Å²) in [4.78, 5) is 179. The van der Waals surface area contributed by atoms with Gasteiger partial charge in [-0.2, -0.15) is 0 Å². The maximum absolute atomic E-state index is 14.0. The average molecular weight is 1130 g/mol. The Kier molecular flexibility index (Phi) is 28.3. The number of carboxylic acid groups (broad SMARTS) is 1. The van der Waals surface area contributed by atoms with Crippen LogP contribution >= 0.6 is 0 Å². The van der Waals surface area contributed by atoms with Crippen molar-refractivity contribution in [3.63, 3.8) is 0 Å². The number of nitrogens with two attached hydrogens (primary N) is 5. The Bertz CT molecular complexity index is 2550. The summed E-state index contributed by atoms with van der Waals surface area (Å²) >= 11 is 0. The van der Waals surface area contributed by atoms with Gasteiger partial charge in [-0.15, -0.1) is 0 Å². The number of hydrogen-bond donors (Lipinski definition) is 16. The molecule has 0 heterocycles. The summed E-state index contributed by atoms with van der Waals surface area (Å²) < 4.78 is 0. The lowest BCUT2D eigenvalue weighted by Crippen LogP contribution is -2.58. The summed E-state index contributed by atoms with van der Waals surface area (Å²) in [6.07, 6.45) is -3.33. The first-order valence-corrected chi connectivity index (χ1v) is 25.1. The fourth-order valence-electron chi connectivity index (χ4n) is 7.38. The molecule has 0 radical (unpaired) electrons. The fraction of sp³-hybridized carbons (Fsp3) is 0.480. The van der Waals surface area contributed by atoms with Crippen molar-refractivity contribution in [2.75, 3.05) is 13.1 Å². The number of carboxylic acids is 1. The Morgan fingerprint density at radius 1 is 0.450 bits per heavy atom. The highest BCUT2D eigenvalue weighted by molar-refractivity contribution is 5.98. The van der Waals surface area contributed by atoms with Crippen LogP contribution < -0.4 is 76.5 Å². The van der Waals surface area contributed by atoms with E-state index >= 15 is 0 Å². The Morgan fingerprint density at radius 2 is 0.850 bits per heavy atom. The lowest BCUT2D eigenvalue weighted by atomic mass is 10.0. The molecule has 13 amide bonds. The maximum Gasteiger partial charge on any atom is 0.326 e. The first-order valence-electron chi connectivity index (χ1n) is 25.1. The van der Waals surface area contributed by atoms with Gasteiger partial charge in [-0.1, -0.05) is 56.3 Å². The number of hydrogen-bond acceptors (Lipinski definition) is 16. The molecule has 2 aromatic rings. The lowest BCUT2D eigenvalue weighted by Gasteiger charge is -2.25. The molecule has 0 aliphatic carbocycles. The molecule has 0 unspecified atom stereocenters. The van der Waals surface area contributed by atoms with Gasteiger partial charge in [-0.25, -0.2) is 4.79 Å². The van der Waals surface area contributed by atoms with Gasteiger partial charge in [0.05, 0.1) is 25.6 Å². The zero-order valence-electron chi connectivity index (χ0n) is 44.4. The van der Waals surface area contributed by atoms with Crippen molar-refractivity contribution < 1.29 is 77.3 Å². The molecule has 0 aliphatic rings. The Labute approximate surface area is 459 Å². The molecule has 30 heteroatoms. The molecule has 0 bridgehead atoms. The molecule has 21 N–H and O–H groups in total. The topological polar surface area (TPSA) is 518 Å². The second kappa shape index (κ2) is 33.8. The van der Waals surface area contributed by atoms with Crippen molar-refractivity contribution in [2.24, 2.45) is 34.6 Å². The minimum atomic E-state index is -1.61. The summed E-state index contributed by atoms with van der Waals surface area (Å²) in [7, 11) is 0. The molecule has 0 saturated carbocycles. The number of phenols is 1. The van der Waals surface area contributed by atoms with Gasteiger partial charge in [0.2, 0.25) is 76.8 Å². The third-order valence-electron chi connectivity index (χ3n) is 11.6. The molecule has 8 atom stereocenters. The standard InChI is InChI=1S/C50H72N14O16/c1-25(2)19-34(64-44(73)30(51)22-40(55)69)47(76)61-31(13-16-37(52)66)45(74)57-24-42(71)60-36(21-28-9-11-29(65)12-10-28)48(77)62-32(14-17-38(53)67)46(75)58-26(3)43(72)56-23-41(70)59-35(20-27-7-5-4-6-8-27)49(78)63-33(50(79)80)15-18-39(54)68/h4-12,25-26,30-36,65H,13-24,51H2,1-3H3,(H2,52,66)(H2,53,67)(H2,54,68)(H2,55,69)(H,56,72)(H,57,74)(H,58,75)(H,59,70)(H,60,71)(H,61,76)(H,62,77)(H,63,78)(H,64,73)(H,79,80)/t26-,30-,31-,32-,33-,34-,35-,36-/m0/s1. The van der Waals surface area contributed by atoms with Crippen LogP contribution in [0.25, 0.3) is 0 Å². The molecule has 2 rings (SSSR count). The summed E-state index contributed by atoms with van der Waals surface area (Å²) in [5.41, 5.74) is 27.6. The largest absolute Gasteiger partial charge is 0.508 e. The number of phenolic OH excluding ortho intramolecular Hbond substituents is 1. The lowest BCUT2D eigenvalue weighted by molar-refractivity contribution is -0.142. The average Bonchev–Trinajstić information content (AvgIpc) is 3.37. The van der Waals surface area contributed by atoms with E-state index in [4.69, 9.17) is 28.7 Å². The number of carbonyl (C=O) groups excluding carboxylic acids is 13. The van der Waals surface area contributed by atoms with E-state index in [1.165, 1.54) is 31.2 Å². The SMILES string of the molecule is CC(C)C[C@H](NC(=O)[C@@H](N)CC(N)=O)C(=O)N[C@@H](CCC(N)=O)C(=O)NCC(=O)N[C@@H](Cc1ccc(O)cc1)C(=O)N[C@@H](CCC(N)=O)C(=O)N[C@@H](C)C(=O)NCC(=O)N[C@@H](Cc1ccccc1)C(=O)N[C@@H](CCC(N)=O)C(=O)O. The Hall–Kier alpha value is -9.22. The van der Waals surface area contributed by atoms with E-state index in [1.54, 1.807) is 44.2 Å². The summed E-state index contributed by atoms with van der Waals surface area (Å²) in [5.74, 6) is -13.9. The van der Waals surface area contributed by atoms with E-state index in [2.05, 4.69) is 47.9 Å². The van der Waals surface area contributed by atoms with Crippen molar-refractivity contribution in [1.29, 1.82) is 0 Å². The van der Waals surface area contributed by atoms with Crippen LogP contribution in [0.15, 0.2) is 54.6 Å². The zero-order chi connectivity index (χ0) is 60.2. The van der Waals surface area contributed by atoms with E-state index in [9.17, 15) is 77.3 Å². The molecular formula is C50H72N14O16. The highest BCUT2D eigenvalue weighted by atomic mass is 16.4. The minimum absolute atomic E-state index is 0.0309. The quantitative estimate of drug-likeness (QED) is 0.0302. The van der Waals surface area contributed by atoms with E-state index in [0.29, 0.717) is 11.1 Å². The van der Waals surface area contributed by atoms with E-state index in [-0.39, 0.29) is 50.2 Å². The van der Waals surface area contributed by atoms with Crippen LogP contribution in [0.5, 0.6) is 5.75 Å². The first kappa shape index (κ1) is 66.9. The van der Waals surface area contributed by atoms with Crippen LogP contribution in [0.4, 0.5) is 0 Å². The molecule has 0 saturated heterocycles. The number of aromatic hydroxyl groups is 1. The van der Waals surface area contributed by atoms with Crippen LogP contribution in [-0.2, 0) is 80.0 Å². The third-order valence-corrected chi connectivity index (χ3v) is 11.6. The molecule has 80 heavy (non-hydrogen) atoms. The molecule has 0 spiro atoms. The molecule has 0 aromatic heterocycles. The van der Waals surface area contributed by atoms with Crippen LogP contribution in [0.2, 0.25) is 0 Å². The van der Waals surface area contributed by atoms with Crippen molar-refractivity contribution in [3.05, 3.63) is 65.7 Å². The molecule has 0 fully saturated rings. The predicted molar refractivity (Wildman–Crippen MR) is 281 cm³/mol. The van der Waals surface area contributed by atoms with Crippen molar-refractivity contribution in [3.8, 4) is 5.75 Å². The maximum atomic E-state index is 14.0. The fourth-order valence-corrected chi connectivity index (χ4v) is 7.38. The van der Waals surface area contributed by atoms with Gasteiger partial charge in [-0.05, 0) is 61.8 Å². The van der Waals surface area contributed by atoms with Crippen LogP contribution in [-0.4, -0.2) is 154 Å². The zero-order valence-corrected chi connectivity index (χ0v) is 44.4. The highest BCUT2D eigenvalue weighted by Crippen LogP contribution is 2.13. The number of benzene rings is 2. The van der Waals surface area contributed by atoms with Gasteiger partial charge in [0.25, 0.3) is 0 Å². The number of primary amides is 4. The Morgan fingerprint density at radius 3 is 1.30 bits per heavy atom. The molecule has 438 valence electrons. The van der Waals surface area contributed by atoms with Crippen LogP contribution in [0, 0.1) is 5.92 Å². The summed E-state index contributed by atoms with van der Waals surface area (Å²) in [6.45, 7) is 3.05. The van der Waals surface area contributed by atoms with Gasteiger partial charge in [0, 0.05) is 32.1 Å². The van der Waals surface area contributed by atoms with Crippen LogP contribution in [0.1, 0.15) is 83.3 Å². The monoisotopic (exact) mass is 1120 g/mol. The molecular weight excluding hydrogens is 1050 g/mol. The number of amides is 13. The first-order chi connectivity index (χ1) is 37.5. The van der Waals surface area contributed by atoms with Crippen molar-refractivity contribution in [2.45, 2.75) is 133 Å². The second-order valence-electron chi connectivity index (χ2n) is 19.0. The van der Waals surface area contributed by atoms with E-state index < -0.39 is 170 Å². The predicted octanol–water partition coefficient (Wildman–Crippen LogP) is -6.05. The second-order valence-corrected chi connectivity index (χ2v) is 19.0. The van der Waals surface area contributed by atoms with Crippen LogP contribution in [0.3, 0.4) is 0 Å². The van der Waals surface area contributed by atoms with Gasteiger partial charge in [0.1, 0.15) is 48.0 Å². The number of rotatable bonds is 36. The third kappa shape index (κ3) is 26.2. The number of nitrogens with one attached hydrogen (secondary N) is 9. The highest BCUT2D eigenvalue weighted by Gasteiger charge is 2.33. The van der Waals surface area contributed by atoms with Gasteiger partial charge < -0.3 is 86.7 Å². The molecule has 2 aromatic carbocycles. The van der Waals surface area contributed by atoms with E-state index in [0.717, 1.165) is 0 Å². The summed E-state index contributed by atoms with van der Waals surface area (Å²) in [6, 6.07) is 1.95. The van der Waals surface area contributed by atoms with Crippen molar-refractivity contribution >= 4 is 82.8 Å². The Balaban J connectivity index is 2.26. The normalized spacial score (nSPS) is 13.8. The molecule has 0 aliphatic heterocycles. The minimum Gasteiger partial charge on any atom is -0.508 e. The van der Waals surface area contributed by atoms with Crippen molar-refractivity contribution in [1.82, 2.24) is 47.9 Å². The molecule has 30 nitrogen and oxygen atoms in total. The smallest absolute Gasteiger partial charge is 0.326 e. The van der Waals surface area contributed by atoms with Gasteiger partial charge in [0.15, 0.2) is 0 Å². The summed E-state index contributed by atoms with van der Waals surface area (Å²) in [5, 5.41) is 40.8. The number of aliphatic carboxylic acids is 1. The van der Waals surface area contributed by atoms with Gasteiger partial charge >= 0.3 is 5.97 Å². The van der Waals surface area contributed by atoms with E-state index in [1.807, 2.05) is 0 Å². The van der Waals surface area contributed by atoms with Gasteiger partial charge in [-0.3, -0.25) is 62.3 Å². The number of carbonyl (C=O) groups is 14.